The molecule has 0 bridgehead atoms. The molecule has 1 fully saturated rings. The molecule has 0 unspecified atom stereocenters. The van der Waals surface area contributed by atoms with E-state index in [1.54, 1.807) is 36.4 Å². The van der Waals surface area contributed by atoms with Gasteiger partial charge in [-0.15, -0.1) is 0 Å². The molecule has 4 aromatic rings. The third-order valence-electron chi connectivity index (χ3n) is 6.10. The van der Waals surface area contributed by atoms with Crippen molar-refractivity contribution in [3.05, 3.63) is 105 Å². The van der Waals surface area contributed by atoms with Gasteiger partial charge in [-0.1, -0.05) is 48.0 Å². The Balaban J connectivity index is 1.35. The number of nitrogens with zero attached hydrogens (tertiary/aromatic N) is 1. The van der Waals surface area contributed by atoms with Crippen LogP contribution < -0.4 is 14.2 Å². The summed E-state index contributed by atoms with van der Waals surface area (Å²) in [6, 6.07) is 23.3. The summed E-state index contributed by atoms with van der Waals surface area (Å²) in [5.41, 5.74) is 1.67. The molecular formula is C30H22ClNO6S. The van der Waals surface area contributed by atoms with E-state index in [0.717, 1.165) is 28.1 Å². The van der Waals surface area contributed by atoms with Gasteiger partial charge in [-0.25, -0.2) is 4.79 Å². The van der Waals surface area contributed by atoms with Crippen molar-refractivity contribution in [2.24, 2.45) is 0 Å². The number of rotatable bonds is 7. The first kappa shape index (κ1) is 26.3. The first-order valence-corrected chi connectivity index (χ1v) is 13.0. The summed E-state index contributed by atoms with van der Waals surface area (Å²) >= 11 is 7.30. The zero-order valence-electron chi connectivity index (χ0n) is 21.0. The third kappa shape index (κ3) is 5.62. The molecule has 1 saturated heterocycles. The van der Waals surface area contributed by atoms with Crippen LogP contribution in [0, 0.1) is 0 Å². The third-order valence-corrected chi connectivity index (χ3v) is 7.29. The van der Waals surface area contributed by atoms with Crippen LogP contribution in [-0.4, -0.2) is 36.2 Å². The van der Waals surface area contributed by atoms with Crippen molar-refractivity contribution in [2.75, 3.05) is 14.2 Å². The van der Waals surface area contributed by atoms with Gasteiger partial charge in [-0.3, -0.25) is 14.5 Å². The number of methoxy groups -OCH3 is 2. The molecule has 39 heavy (non-hydrogen) atoms. The van der Waals surface area contributed by atoms with Crippen LogP contribution in [0.25, 0.3) is 16.8 Å². The number of ether oxygens (including phenoxy) is 3. The lowest BCUT2D eigenvalue weighted by atomic mass is 10.1. The van der Waals surface area contributed by atoms with Gasteiger partial charge in [0.2, 0.25) is 0 Å². The van der Waals surface area contributed by atoms with E-state index in [1.807, 2.05) is 42.5 Å². The van der Waals surface area contributed by atoms with E-state index in [0.29, 0.717) is 16.9 Å². The molecule has 0 radical (unpaired) electrons. The topological polar surface area (TPSA) is 82.1 Å². The second-order valence-electron chi connectivity index (χ2n) is 8.60. The maximum absolute atomic E-state index is 13.1. The normalized spacial score (nSPS) is 14.2. The Kier molecular flexibility index (Phi) is 7.58. The molecular weight excluding hydrogens is 538 g/mol. The summed E-state index contributed by atoms with van der Waals surface area (Å²) in [5, 5.41) is 1.87. The number of thioether (sulfide) groups is 1. The van der Waals surface area contributed by atoms with Crippen molar-refractivity contribution in [3.63, 3.8) is 0 Å². The number of esters is 1. The number of fused-ring (bicyclic) bond motifs is 1. The van der Waals surface area contributed by atoms with Gasteiger partial charge < -0.3 is 14.2 Å². The quantitative estimate of drug-likeness (QED) is 0.137. The summed E-state index contributed by atoms with van der Waals surface area (Å²) in [4.78, 5) is 39.9. The molecule has 0 aromatic heterocycles. The Morgan fingerprint density at radius 1 is 0.923 bits per heavy atom. The van der Waals surface area contributed by atoms with Crippen LogP contribution in [0.1, 0.15) is 21.5 Å². The van der Waals surface area contributed by atoms with E-state index < -0.39 is 11.9 Å². The molecule has 4 aromatic carbocycles. The fourth-order valence-electron chi connectivity index (χ4n) is 4.11. The average Bonchev–Trinajstić information content (AvgIpc) is 3.21. The number of amides is 2. The summed E-state index contributed by atoms with van der Waals surface area (Å²) < 4.78 is 16.0. The summed E-state index contributed by atoms with van der Waals surface area (Å²) in [6.45, 7) is 0.164. The van der Waals surface area contributed by atoms with Crippen LogP contribution in [0.5, 0.6) is 17.2 Å². The highest BCUT2D eigenvalue weighted by Gasteiger charge is 2.35. The SMILES string of the molecule is COc1ccc(C(=O)Oc2c(Cl)cc(/C=C3\SC(=O)N(Cc4ccc5ccccc5c4)C3=O)cc2OC)cc1. The van der Waals surface area contributed by atoms with E-state index in [4.69, 9.17) is 25.8 Å². The molecule has 7 nitrogen and oxygen atoms in total. The van der Waals surface area contributed by atoms with Crippen LogP contribution in [0.2, 0.25) is 5.02 Å². The van der Waals surface area contributed by atoms with Crippen molar-refractivity contribution < 1.29 is 28.6 Å². The lowest BCUT2D eigenvalue weighted by molar-refractivity contribution is -0.123. The molecule has 0 N–H and O–H groups in total. The maximum Gasteiger partial charge on any atom is 0.343 e. The van der Waals surface area contributed by atoms with E-state index in [-0.39, 0.29) is 33.2 Å². The van der Waals surface area contributed by atoms with Gasteiger partial charge in [0.1, 0.15) is 5.75 Å². The predicted octanol–water partition coefficient (Wildman–Crippen LogP) is 6.97. The van der Waals surface area contributed by atoms with Crippen molar-refractivity contribution in [3.8, 4) is 17.2 Å². The average molecular weight is 560 g/mol. The molecule has 0 saturated carbocycles. The van der Waals surface area contributed by atoms with Gasteiger partial charge in [0.15, 0.2) is 11.5 Å². The minimum absolute atomic E-state index is 0.0431. The standard InChI is InChI=1S/C30H22ClNO6S/c1-36-23-11-9-21(10-12-23)29(34)38-27-24(31)14-19(15-25(27)37-2)16-26-28(33)32(30(35)39-26)17-18-7-8-20-5-3-4-6-22(20)13-18/h3-16H,17H2,1-2H3/b26-16-. The molecule has 0 aliphatic carbocycles. The molecule has 0 atom stereocenters. The number of carbonyl (C=O) groups is 3. The van der Waals surface area contributed by atoms with Crippen LogP contribution >= 0.6 is 23.4 Å². The van der Waals surface area contributed by atoms with Crippen LogP contribution in [0.4, 0.5) is 4.79 Å². The van der Waals surface area contributed by atoms with E-state index in [9.17, 15) is 14.4 Å². The minimum atomic E-state index is -0.625. The lowest BCUT2D eigenvalue weighted by Crippen LogP contribution is -2.27. The Morgan fingerprint density at radius 2 is 1.67 bits per heavy atom. The zero-order chi connectivity index (χ0) is 27.5. The smallest absolute Gasteiger partial charge is 0.343 e. The number of imide groups is 1. The van der Waals surface area contributed by atoms with Crippen LogP contribution in [0.15, 0.2) is 83.8 Å². The lowest BCUT2D eigenvalue weighted by Gasteiger charge is -2.13. The summed E-state index contributed by atoms with van der Waals surface area (Å²) in [5.74, 6) is -0.176. The highest BCUT2D eigenvalue weighted by Crippen LogP contribution is 2.39. The van der Waals surface area contributed by atoms with Gasteiger partial charge in [-0.05, 0) is 82.2 Å². The number of benzene rings is 4. The van der Waals surface area contributed by atoms with Gasteiger partial charge in [0.25, 0.3) is 11.1 Å². The van der Waals surface area contributed by atoms with Gasteiger partial charge in [0, 0.05) is 0 Å². The van der Waals surface area contributed by atoms with Gasteiger partial charge in [0.05, 0.1) is 36.3 Å². The molecule has 1 aliphatic heterocycles. The number of halogens is 1. The summed E-state index contributed by atoms with van der Waals surface area (Å²) in [6.07, 6.45) is 1.56. The second-order valence-corrected chi connectivity index (χ2v) is 10.0. The molecule has 5 rings (SSSR count). The van der Waals surface area contributed by atoms with Gasteiger partial charge >= 0.3 is 5.97 Å². The molecule has 0 spiro atoms. The van der Waals surface area contributed by atoms with Gasteiger partial charge in [-0.2, -0.15) is 0 Å². The minimum Gasteiger partial charge on any atom is -0.497 e. The zero-order valence-corrected chi connectivity index (χ0v) is 22.5. The fraction of sp³-hybridized carbons (Fsp3) is 0.100. The van der Waals surface area contributed by atoms with E-state index >= 15 is 0 Å². The highest BCUT2D eigenvalue weighted by atomic mass is 35.5. The number of hydrogen-bond acceptors (Lipinski definition) is 7. The molecule has 2 amide bonds. The molecule has 1 aliphatic rings. The first-order chi connectivity index (χ1) is 18.9. The fourth-order valence-corrected chi connectivity index (χ4v) is 5.20. The van der Waals surface area contributed by atoms with Crippen LogP contribution in [-0.2, 0) is 11.3 Å². The Labute approximate surface area is 233 Å². The summed E-state index contributed by atoms with van der Waals surface area (Å²) in [7, 11) is 2.95. The van der Waals surface area contributed by atoms with Crippen molar-refractivity contribution in [2.45, 2.75) is 6.54 Å². The number of hydrogen-bond donors (Lipinski definition) is 0. The molecule has 196 valence electrons. The van der Waals surface area contributed by atoms with Crippen molar-refractivity contribution in [1.29, 1.82) is 0 Å². The van der Waals surface area contributed by atoms with Crippen LogP contribution in [0.3, 0.4) is 0 Å². The Morgan fingerprint density at radius 3 is 2.38 bits per heavy atom. The monoisotopic (exact) mass is 559 g/mol. The number of carbonyl (C=O) groups excluding carboxylic acids is 3. The Bertz CT molecular complexity index is 1630. The van der Waals surface area contributed by atoms with E-state index in [1.165, 1.54) is 25.2 Å². The molecule has 1 heterocycles. The second kappa shape index (κ2) is 11.2. The van der Waals surface area contributed by atoms with Crippen molar-refractivity contribution >= 4 is 57.3 Å². The maximum atomic E-state index is 13.1. The molecule has 9 heteroatoms. The highest BCUT2D eigenvalue weighted by molar-refractivity contribution is 8.18. The first-order valence-electron chi connectivity index (χ1n) is 11.8. The largest absolute Gasteiger partial charge is 0.497 e. The van der Waals surface area contributed by atoms with Crippen molar-refractivity contribution in [1.82, 2.24) is 4.90 Å². The Hall–Kier alpha value is -4.27. The van der Waals surface area contributed by atoms with E-state index in [2.05, 4.69) is 0 Å². The predicted molar refractivity (Wildman–Crippen MR) is 151 cm³/mol.